The molecular formula is C19H13Br2ClN2O4. The maximum atomic E-state index is 11.1. The monoisotopic (exact) mass is 526 g/mol. The topological polar surface area (TPSA) is 78.4 Å². The number of ether oxygens (including phenoxy) is 1. The van der Waals surface area contributed by atoms with E-state index >= 15 is 0 Å². The zero-order valence-electron chi connectivity index (χ0n) is 14.5. The standard InChI is InChI=1S/C19H13Br2ClN2O4/c1-11-18(24(25)26)17(28-23-11)7-4-13-8-15(20)19(16(21)9-13)27-10-12-2-5-14(22)6-3-12/h2-9H,10H2,1H3/b7-4-. The predicted octanol–water partition coefficient (Wildman–Crippen LogP) is 6.82. The van der Waals surface area contributed by atoms with Gasteiger partial charge in [0, 0.05) is 5.02 Å². The molecule has 3 rings (SSSR count). The highest BCUT2D eigenvalue weighted by Crippen LogP contribution is 2.36. The molecule has 0 fully saturated rings. The molecule has 0 unspecified atom stereocenters. The Balaban J connectivity index is 1.78. The van der Waals surface area contributed by atoms with E-state index in [9.17, 15) is 10.1 Å². The highest BCUT2D eigenvalue weighted by molar-refractivity contribution is 9.11. The zero-order valence-corrected chi connectivity index (χ0v) is 18.4. The molecule has 2 aromatic carbocycles. The van der Waals surface area contributed by atoms with Crippen molar-refractivity contribution in [1.82, 2.24) is 5.16 Å². The first-order chi connectivity index (χ1) is 13.3. The van der Waals surface area contributed by atoms with Gasteiger partial charge in [0.15, 0.2) is 5.69 Å². The lowest BCUT2D eigenvalue weighted by molar-refractivity contribution is -0.386. The van der Waals surface area contributed by atoms with Gasteiger partial charge in [0.1, 0.15) is 12.4 Å². The average molecular weight is 529 g/mol. The summed E-state index contributed by atoms with van der Waals surface area (Å²) in [6.45, 7) is 1.91. The maximum absolute atomic E-state index is 11.1. The Bertz CT molecular complexity index is 1030. The Morgan fingerprint density at radius 2 is 1.86 bits per heavy atom. The molecular weight excluding hydrogens is 515 g/mol. The van der Waals surface area contributed by atoms with Crippen LogP contribution < -0.4 is 4.74 Å². The van der Waals surface area contributed by atoms with Crippen LogP contribution in [0.4, 0.5) is 5.69 Å². The molecule has 9 heteroatoms. The van der Waals surface area contributed by atoms with Crippen molar-refractivity contribution in [3.05, 3.63) is 83.1 Å². The third kappa shape index (κ3) is 4.81. The molecule has 0 aliphatic carbocycles. The van der Waals surface area contributed by atoms with E-state index in [1.165, 1.54) is 13.0 Å². The smallest absolute Gasteiger partial charge is 0.338 e. The van der Waals surface area contributed by atoms with Crippen molar-refractivity contribution >= 4 is 61.3 Å². The van der Waals surface area contributed by atoms with Crippen molar-refractivity contribution in [1.29, 1.82) is 0 Å². The number of hydrogen-bond acceptors (Lipinski definition) is 5. The lowest BCUT2D eigenvalue weighted by atomic mass is 10.2. The van der Waals surface area contributed by atoms with Gasteiger partial charge in [0.25, 0.3) is 0 Å². The molecule has 0 spiro atoms. The van der Waals surface area contributed by atoms with Gasteiger partial charge >= 0.3 is 5.69 Å². The molecule has 0 amide bonds. The second kappa shape index (κ2) is 8.89. The second-order valence-corrected chi connectivity index (χ2v) is 7.95. The van der Waals surface area contributed by atoms with Gasteiger partial charge in [-0.2, -0.15) is 0 Å². The Labute approximate surface area is 182 Å². The molecule has 0 aliphatic rings. The van der Waals surface area contributed by atoms with Crippen molar-refractivity contribution in [2.45, 2.75) is 13.5 Å². The average Bonchev–Trinajstić information content (AvgIpc) is 3.01. The van der Waals surface area contributed by atoms with E-state index in [0.717, 1.165) is 20.1 Å². The summed E-state index contributed by atoms with van der Waals surface area (Å²) in [5.41, 5.74) is 1.87. The van der Waals surface area contributed by atoms with Gasteiger partial charge in [-0.05, 0) is 80.3 Å². The largest absolute Gasteiger partial charge is 0.487 e. The fourth-order valence-corrected chi connectivity index (χ4v) is 4.01. The van der Waals surface area contributed by atoms with Crippen LogP contribution in [-0.4, -0.2) is 10.1 Å². The first kappa shape index (κ1) is 20.6. The first-order valence-electron chi connectivity index (χ1n) is 8.00. The van der Waals surface area contributed by atoms with Crippen LogP contribution in [0.2, 0.25) is 5.02 Å². The summed E-state index contributed by atoms with van der Waals surface area (Å²) in [7, 11) is 0. The third-order valence-corrected chi connectivity index (χ3v) is 5.21. The molecule has 0 saturated carbocycles. The minimum Gasteiger partial charge on any atom is -0.487 e. The van der Waals surface area contributed by atoms with Crippen LogP contribution in [0.1, 0.15) is 22.6 Å². The summed E-state index contributed by atoms with van der Waals surface area (Å²) in [4.78, 5) is 10.6. The Hall–Kier alpha value is -2.16. The lowest BCUT2D eigenvalue weighted by Crippen LogP contribution is -1.97. The van der Waals surface area contributed by atoms with Crippen LogP contribution in [0.5, 0.6) is 5.75 Å². The van der Waals surface area contributed by atoms with Gasteiger partial charge in [0.2, 0.25) is 5.76 Å². The predicted molar refractivity (Wildman–Crippen MR) is 114 cm³/mol. The number of nitrogens with zero attached hydrogens (tertiary/aromatic N) is 2. The van der Waals surface area contributed by atoms with E-state index in [-0.39, 0.29) is 17.1 Å². The number of aromatic nitrogens is 1. The van der Waals surface area contributed by atoms with Crippen LogP contribution in [-0.2, 0) is 6.61 Å². The number of halogens is 3. The van der Waals surface area contributed by atoms with Crippen LogP contribution in [0, 0.1) is 17.0 Å². The van der Waals surface area contributed by atoms with E-state index in [4.69, 9.17) is 20.9 Å². The molecule has 0 saturated heterocycles. The highest BCUT2D eigenvalue weighted by Gasteiger charge is 2.22. The molecule has 0 radical (unpaired) electrons. The SMILES string of the molecule is Cc1noc(/C=C\c2cc(Br)c(OCc3ccc(Cl)cc3)c(Br)c2)c1[N+](=O)[O-]. The summed E-state index contributed by atoms with van der Waals surface area (Å²) < 4.78 is 12.4. The molecule has 0 N–H and O–H groups in total. The summed E-state index contributed by atoms with van der Waals surface area (Å²) >= 11 is 12.9. The number of hydrogen-bond donors (Lipinski definition) is 0. The van der Waals surface area contributed by atoms with E-state index in [2.05, 4.69) is 37.0 Å². The van der Waals surface area contributed by atoms with Gasteiger partial charge in [-0.25, -0.2) is 0 Å². The van der Waals surface area contributed by atoms with Crippen LogP contribution in [0.15, 0.2) is 49.9 Å². The molecule has 3 aromatic rings. The lowest BCUT2D eigenvalue weighted by Gasteiger charge is -2.11. The maximum Gasteiger partial charge on any atom is 0.338 e. The van der Waals surface area contributed by atoms with Gasteiger partial charge in [-0.15, -0.1) is 0 Å². The van der Waals surface area contributed by atoms with Crippen molar-refractivity contribution in [2.75, 3.05) is 0 Å². The fourth-order valence-electron chi connectivity index (χ4n) is 2.44. The summed E-state index contributed by atoms with van der Waals surface area (Å²) in [6.07, 6.45) is 3.21. The Morgan fingerprint density at radius 3 is 2.46 bits per heavy atom. The van der Waals surface area contributed by atoms with Gasteiger partial charge in [0.05, 0.1) is 13.9 Å². The summed E-state index contributed by atoms with van der Waals surface area (Å²) in [6, 6.07) is 11.1. The number of rotatable bonds is 6. The van der Waals surface area contributed by atoms with E-state index < -0.39 is 4.92 Å². The first-order valence-corrected chi connectivity index (χ1v) is 9.96. The molecule has 0 atom stereocenters. The molecule has 144 valence electrons. The van der Waals surface area contributed by atoms with E-state index in [1.807, 2.05) is 36.4 Å². The highest BCUT2D eigenvalue weighted by atomic mass is 79.9. The summed E-state index contributed by atoms with van der Waals surface area (Å²) in [5.74, 6) is 0.742. The summed E-state index contributed by atoms with van der Waals surface area (Å²) in [5, 5.41) is 15.4. The molecule has 1 aromatic heterocycles. The zero-order chi connectivity index (χ0) is 20.3. The minimum atomic E-state index is -0.509. The van der Waals surface area contributed by atoms with Crippen molar-refractivity contribution in [3.63, 3.8) is 0 Å². The van der Waals surface area contributed by atoms with Crippen LogP contribution in [0.3, 0.4) is 0 Å². The molecule has 0 bridgehead atoms. The van der Waals surface area contributed by atoms with Gasteiger partial charge in [-0.3, -0.25) is 10.1 Å². The number of aryl methyl sites for hydroxylation is 1. The molecule has 1 heterocycles. The van der Waals surface area contributed by atoms with Crippen molar-refractivity contribution in [3.8, 4) is 5.75 Å². The van der Waals surface area contributed by atoms with Gasteiger partial charge in [-0.1, -0.05) is 35.0 Å². The third-order valence-electron chi connectivity index (χ3n) is 3.78. The van der Waals surface area contributed by atoms with Crippen molar-refractivity contribution in [2.24, 2.45) is 0 Å². The van der Waals surface area contributed by atoms with E-state index in [1.54, 1.807) is 6.08 Å². The van der Waals surface area contributed by atoms with Gasteiger partial charge < -0.3 is 9.26 Å². The van der Waals surface area contributed by atoms with Crippen molar-refractivity contribution < 1.29 is 14.2 Å². The molecule has 6 nitrogen and oxygen atoms in total. The van der Waals surface area contributed by atoms with Crippen LogP contribution in [0.25, 0.3) is 12.2 Å². The second-order valence-electron chi connectivity index (χ2n) is 5.80. The van der Waals surface area contributed by atoms with Crippen LogP contribution >= 0.6 is 43.5 Å². The quantitative estimate of drug-likeness (QED) is 0.259. The molecule has 28 heavy (non-hydrogen) atoms. The number of nitro groups is 1. The Kier molecular flexibility index (Phi) is 6.53. The fraction of sp³-hybridized carbons (Fsp3) is 0.105. The Morgan fingerprint density at radius 1 is 1.21 bits per heavy atom. The number of benzene rings is 2. The normalized spacial score (nSPS) is 11.1. The molecule has 0 aliphatic heterocycles. The minimum absolute atomic E-state index is 0.0952. The van der Waals surface area contributed by atoms with E-state index in [0.29, 0.717) is 17.4 Å².